The van der Waals surface area contributed by atoms with E-state index in [1.54, 1.807) is 4.90 Å². The van der Waals surface area contributed by atoms with Gasteiger partial charge in [0, 0.05) is 32.2 Å². The van der Waals surface area contributed by atoms with Gasteiger partial charge in [0.15, 0.2) is 17.3 Å². The van der Waals surface area contributed by atoms with Crippen LogP contribution < -0.4 is 15.1 Å². The smallest absolute Gasteiger partial charge is 0.396 e. The molecule has 35 heavy (non-hydrogen) atoms. The van der Waals surface area contributed by atoms with Crippen molar-refractivity contribution in [2.24, 2.45) is 0 Å². The third kappa shape index (κ3) is 5.32. The minimum Gasteiger partial charge on any atom is -0.427 e. The number of oxazole rings is 1. The number of aromatic nitrogens is 1. The Morgan fingerprint density at radius 1 is 1.20 bits per heavy atom. The van der Waals surface area contributed by atoms with Crippen molar-refractivity contribution in [2.75, 3.05) is 35.3 Å². The van der Waals surface area contributed by atoms with Gasteiger partial charge in [-0.25, -0.2) is 17.6 Å². The highest BCUT2D eigenvalue weighted by molar-refractivity contribution is 6.04. The van der Waals surface area contributed by atoms with E-state index < -0.39 is 71.4 Å². The van der Waals surface area contributed by atoms with Crippen LogP contribution in [0.25, 0.3) is 0 Å². The van der Waals surface area contributed by atoms with Crippen LogP contribution in [0.3, 0.4) is 0 Å². The fourth-order valence-corrected chi connectivity index (χ4v) is 4.57. The van der Waals surface area contributed by atoms with Gasteiger partial charge >= 0.3 is 6.18 Å². The maximum atomic E-state index is 14.8. The zero-order valence-corrected chi connectivity index (χ0v) is 18.7. The number of amides is 1. The molecule has 13 heteroatoms. The molecule has 1 atom stereocenters. The van der Waals surface area contributed by atoms with Crippen molar-refractivity contribution < 1.29 is 39.9 Å². The lowest BCUT2D eigenvalue weighted by atomic mass is 10.1. The highest BCUT2D eigenvalue weighted by atomic mass is 19.4. The molecule has 1 saturated carbocycles. The summed E-state index contributed by atoms with van der Waals surface area (Å²) in [5.41, 5.74) is -1.76. The number of anilines is 3. The molecule has 0 bridgehead atoms. The van der Waals surface area contributed by atoms with Crippen LogP contribution in [0, 0.1) is 11.6 Å². The molecule has 2 aliphatic rings. The molecule has 0 spiro atoms. The summed E-state index contributed by atoms with van der Waals surface area (Å²) in [7, 11) is 1.16. The molecule has 1 amide bonds. The summed E-state index contributed by atoms with van der Waals surface area (Å²) in [6, 6.07) is -0.106. The predicted octanol–water partition coefficient (Wildman–Crippen LogP) is 5.53. The van der Waals surface area contributed by atoms with E-state index in [0.29, 0.717) is 25.2 Å². The summed E-state index contributed by atoms with van der Waals surface area (Å²) in [6.07, 6.45) is -4.82. The Bertz CT molecular complexity index is 1070. The van der Waals surface area contributed by atoms with E-state index in [4.69, 9.17) is 4.42 Å². The van der Waals surface area contributed by atoms with Crippen molar-refractivity contribution in [1.29, 1.82) is 0 Å². The number of hydrogen-bond acceptors (Lipinski definition) is 5. The quantitative estimate of drug-likeness (QED) is 0.520. The molecule has 1 aromatic carbocycles. The molecule has 4 rings (SSSR count). The summed E-state index contributed by atoms with van der Waals surface area (Å²) >= 11 is 0. The first kappa shape index (κ1) is 25.1. The minimum atomic E-state index is -4.69. The van der Waals surface area contributed by atoms with Gasteiger partial charge in [0.2, 0.25) is 0 Å². The van der Waals surface area contributed by atoms with Gasteiger partial charge in [-0.1, -0.05) is 0 Å². The van der Waals surface area contributed by atoms with Crippen molar-refractivity contribution in [3.8, 4) is 0 Å². The van der Waals surface area contributed by atoms with Crippen LogP contribution in [-0.2, 0) is 6.42 Å². The van der Waals surface area contributed by atoms with E-state index in [9.17, 15) is 35.5 Å². The molecule has 1 unspecified atom stereocenters. The molecule has 1 saturated heterocycles. The molecular formula is C22H23F7N4O2. The van der Waals surface area contributed by atoms with Crippen LogP contribution in [0.1, 0.15) is 48.4 Å². The van der Waals surface area contributed by atoms with Crippen molar-refractivity contribution in [1.82, 2.24) is 4.98 Å². The number of hydrogen-bond donors (Lipinski definition) is 1. The van der Waals surface area contributed by atoms with E-state index in [-0.39, 0.29) is 18.9 Å². The molecule has 0 radical (unpaired) electrons. The monoisotopic (exact) mass is 508 g/mol. The van der Waals surface area contributed by atoms with Gasteiger partial charge in [-0.15, -0.1) is 0 Å². The highest BCUT2D eigenvalue weighted by Crippen LogP contribution is 2.41. The first-order valence-corrected chi connectivity index (χ1v) is 11.1. The predicted molar refractivity (Wildman–Crippen MR) is 113 cm³/mol. The molecule has 2 aromatic rings. The number of nitrogens with one attached hydrogen (secondary N) is 1. The Labute approximate surface area is 196 Å². The SMILES string of the molecule is CN(c1c(F)cc(NC(=O)c2nc(N3CCCC3)oc2CC(F)(F)F)cc1F)C1CCCC1(F)F. The summed E-state index contributed by atoms with van der Waals surface area (Å²) in [5.74, 6) is -7.41. The normalized spacial score (nSPS) is 19.9. The Balaban J connectivity index is 1.58. The number of alkyl halides is 5. The van der Waals surface area contributed by atoms with Crippen LogP contribution in [0.4, 0.5) is 48.1 Å². The maximum absolute atomic E-state index is 14.8. The molecule has 6 nitrogen and oxygen atoms in total. The minimum absolute atomic E-state index is 0.0500. The van der Waals surface area contributed by atoms with Gasteiger partial charge in [0.25, 0.3) is 17.8 Å². The Morgan fingerprint density at radius 3 is 2.37 bits per heavy atom. The van der Waals surface area contributed by atoms with Crippen molar-refractivity contribution in [3.63, 3.8) is 0 Å². The van der Waals surface area contributed by atoms with Gasteiger partial charge in [-0.2, -0.15) is 18.2 Å². The molecule has 1 N–H and O–H groups in total. The largest absolute Gasteiger partial charge is 0.427 e. The van der Waals surface area contributed by atoms with Crippen molar-refractivity contribution >= 4 is 23.3 Å². The zero-order chi connectivity index (χ0) is 25.5. The topological polar surface area (TPSA) is 61.6 Å². The zero-order valence-electron chi connectivity index (χ0n) is 18.7. The van der Waals surface area contributed by atoms with Gasteiger partial charge in [0.05, 0.1) is 6.04 Å². The number of rotatable bonds is 6. The van der Waals surface area contributed by atoms with Crippen LogP contribution in [0.2, 0.25) is 0 Å². The standard InChI is InChI=1S/C22H23F7N4O2/c1-32(16-5-4-6-21(16,25)26)18-13(23)9-12(10-14(18)24)30-19(34)17-15(11-22(27,28)29)35-20(31-17)33-7-2-3-8-33/h9-10,16H,2-8,11H2,1H3,(H,30,34). The number of nitrogens with zero attached hydrogens (tertiary/aromatic N) is 3. The Hall–Kier alpha value is -2.99. The highest BCUT2D eigenvalue weighted by Gasteiger charge is 2.47. The average molecular weight is 508 g/mol. The molecule has 1 aliphatic heterocycles. The van der Waals surface area contributed by atoms with Gasteiger partial charge in [0.1, 0.15) is 17.9 Å². The summed E-state index contributed by atoms with van der Waals surface area (Å²) in [4.78, 5) is 19.0. The summed E-state index contributed by atoms with van der Waals surface area (Å²) in [5, 5.41) is 2.13. The number of halogens is 7. The van der Waals surface area contributed by atoms with E-state index >= 15 is 0 Å². The Morgan fingerprint density at radius 2 is 1.83 bits per heavy atom. The van der Waals surface area contributed by atoms with Gasteiger partial charge in [-0.3, -0.25) is 4.79 Å². The summed E-state index contributed by atoms with van der Waals surface area (Å²) in [6.45, 7) is 0.997. The van der Waals surface area contributed by atoms with Crippen LogP contribution in [0.5, 0.6) is 0 Å². The first-order chi connectivity index (χ1) is 16.4. The molecule has 1 aromatic heterocycles. The lowest BCUT2D eigenvalue weighted by Gasteiger charge is -2.31. The Kier molecular flexibility index (Phi) is 6.62. The second kappa shape index (κ2) is 9.23. The molecular weight excluding hydrogens is 485 g/mol. The molecule has 1 aliphatic carbocycles. The third-order valence-corrected chi connectivity index (χ3v) is 6.21. The lowest BCUT2D eigenvalue weighted by molar-refractivity contribution is -0.130. The van der Waals surface area contributed by atoms with E-state index in [1.165, 1.54) is 0 Å². The third-order valence-electron chi connectivity index (χ3n) is 6.21. The molecule has 2 fully saturated rings. The number of benzene rings is 1. The second-order valence-corrected chi connectivity index (χ2v) is 8.78. The average Bonchev–Trinajstić information content (AvgIpc) is 3.45. The fourth-order valence-electron chi connectivity index (χ4n) is 4.57. The fraction of sp³-hybridized carbons (Fsp3) is 0.545. The maximum Gasteiger partial charge on any atom is 0.396 e. The van der Waals surface area contributed by atoms with Gasteiger partial charge < -0.3 is 19.5 Å². The number of carbonyl (C=O) groups is 1. The van der Waals surface area contributed by atoms with E-state index in [1.807, 2.05) is 0 Å². The van der Waals surface area contributed by atoms with Crippen LogP contribution in [0.15, 0.2) is 16.5 Å². The van der Waals surface area contributed by atoms with Crippen molar-refractivity contribution in [2.45, 2.75) is 56.7 Å². The van der Waals surface area contributed by atoms with Crippen LogP contribution in [-0.4, -0.2) is 49.2 Å². The molecule has 2 heterocycles. The molecule has 192 valence electrons. The summed E-state index contributed by atoms with van der Waals surface area (Å²) < 4.78 is 102. The first-order valence-electron chi connectivity index (χ1n) is 11.1. The van der Waals surface area contributed by atoms with Crippen molar-refractivity contribution in [3.05, 3.63) is 35.2 Å². The van der Waals surface area contributed by atoms with E-state index in [0.717, 1.165) is 24.8 Å². The van der Waals surface area contributed by atoms with E-state index in [2.05, 4.69) is 10.3 Å². The lowest BCUT2D eigenvalue weighted by Crippen LogP contribution is -2.42. The van der Waals surface area contributed by atoms with Gasteiger partial charge in [-0.05, 0) is 37.8 Å². The van der Waals surface area contributed by atoms with Crippen LogP contribution >= 0.6 is 0 Å². The number of carbonyl (C=O) groups excluding carboxylic acids is 1. The second-order valence-electron chi connectivity index (χ2n) is 8.78.